The zero-order chi connectivity index (χ0) is 10.7. The quantitative estimate of drug-likeness (QED) is 0.764. The van der Waals surface area contributed by atoms with Crippen LogP contribution in [-0.4, -0.2) is 5.11 Å². The van der Waals surface area contributed by atoms with Crippen molar-refractivity contribution in [2.45, 2.75) is 0 Å². The standard InChI is InChI=1S/C13H10O2/c14-11-7-4-8-13(15)12(9-11)10-5-2-1-3-6-10/h1-9,14H. The van der Waals surface area contributed by atoms with Gasteiger partial charge in [0.25, 0.3) is 0 Å². The van der Waals surface area contributed by atoms with Gasteiger partial charge in [-0.25, -0.2) is 0 Å². The second kappa shape index (κ2) is 3.96. The van der Waals surface area contributed by atoms with E-state index in [1.165, 1.54) is 18.2 Å². The predicted molar refractivity (Wildman–Crippen MR) is 59.8 cm³/mol. The normalized spacial score (nSPS) is 9.87. The first-order valence-corrected chi connectivity index (χ1v) is 4.66. The van der Waals surface area contributed by atoms with Crippen LogP contribution < -0.4 is 5.43 Å². The Morgan fingerprint density at radius 2 is 1.60 bits per heavy atom. The van der Waals surface area contributed by atoms with Crippen LogP contribution in [0.2, 0.25) is 0 Å². The minimum Gasteiger partial charge on any atom is -0.508 e. The van der Waals surface area contributed by atoms with E-state index in [4.69, 9.17) is 0 Å². The fourth-order valence-corrected chi connectivity index (χ4v) is 1.43. The molecule has 2 aromatic carbocycles. The van der Waals surface area contributed by atoms with Gasteiger partial charge in [-0.1, -0.05) is 36.4 Å². The van der Waals surface area contributed by atoms with Crippen molar-refractivity contribution in [1.82, 2.24) is 0 Å². The average molecular weight is 198 g/mol. The molecular weight excluding hydrogens is 188 g/mol. The van der Waals surface area contributed by atoms with Crippen molar-refractivity contribution in [2.75, 3.05) is 0 Å². The molecule has 0 amide bonds. The molecule has 0 bridgehead atoms. The summed E-state index contributed by atoms with van der Waals surface area (Å²) in [6, 6.07) is 15.3. The van der Waals surface area contributed by atoms with Crippen molar-refractivity contribution >= 4 is 0 Å². The van der Waals surface area contributed by atoms with Gasteiger partial charge in [0, 0.05) is 5.56 Å². The van der Waals surface area contributed by atoms with E-state index in [1.807, 2.05) is 30.3 Å². The molecule has 15 heavy (non-hydrogen) atoms. The van der Waals surface area contributed by atoms with Crippen LogP contribution in [0, 0.1) is 0 Å². The van der Waals surface area contributed by atoms with Crippen molar-refractivity contribution in [3.8, 4) is 16.9 Å². The Kier molecular flexibility index (Phi) is 2.50. The predicted octanol–water partition coefficient (Wildman–Crippen LogP) is 2.42. The molecule has 0 unspecified atom stereocenters. The number of hydrogen-bond donors (Lipinski definition) is 1. The molecule has 0 aliphatic carbocycles. The zero-order valence-corrected chi connectivity index (χ0v) is 8.05. The molecule has 0 spiro atoms. The van der Waals surface area contributed by atoms with Gasteiger partial charge in [-0.05, 0) is 23.8 Å². The molecule has 0 radical (unpaired) electrons. The highest BCUT2D eigenvalue weighted by molar-refractivity contribution is 5.63. The lowest BCUT2D eigenvalue weighted by Crippen LogP contribution is -1.98. The Bertz CT molecular complexity index is 518. The van der Waals surface area contributed by atoms with Crippen LogP contribution in [0.15, 0.2) is 59.4 Å². The van der Waals surface area contributed by atoms with Crippen molar-refractivity contribution in [3.05, 3.63) is 64.8 Å². The first kappa shape index (κ1) is 9.46. The van der Waals surface area contributed by atoms with E-state index in [0.717, 1.165) is 5.56 Å². The molecule has 2 nitrogen and oxygen atoms in total. The Labute approximate surface area is 87.5 Å². The minimum atomic E-state index is -0.0958. The van der Waals surface area contributed by atoms with E-state index in [-0.39, 0.29) is 11.2 Å². The van der Waals surface area contributed by atoms with Gasteiger partial charge in [0.2, 0.25) is 0 Å². The van der Waals surface area contributed by atoms with E-state index in [0.29, 0.717) is 5.56 Å². The van der Waals surface area contributed by atoms with E-state index in [2.05, 4.69) is 0 Å². The molecule has 0 fully saturated rings. The summed E-state index contributed by atoms with van der Waals surface area (Å²) in [5.41, 5.74) is 1.23. The van der Waals surface area contributed by atoms with Crippen LogP contribution in [0.25, 0.3) is 11.1 Å². The highest BCUT2D eigenvalue weighted by atomic mass is 16.3. The molecule has 0 saturated carbocycles. The Morgan fingerprint density at radius 1 is 0.867 bits per heavy atom. The molecule has 0 aromatic heterocycles. The van der Waals surface area contributed by atoms with E-state index in [9.17, 15) is 9.90 Å². The van der Waals surface area contributed by atoms with E-state index >= 15 is 0 Å². The van der Waals surface area contributed by atoms with Crippen molar-refractivity contribution in [1.29, 1.82) is 0 Å². The smallest absolute Gasteiger partial charge is 0.186 e. The average Bonchev–Trinajstić information content (AvgIpc) is 2.42. The highest BCUT2D eigenvalue weighted by Crippen LogP contribution is 2.17. The number of hydrogen-bond acceptors (Lipinski definition) is 2. The summed E-state index contributed by atoms with van der Waals surface area (Å²) >= 11 is 0. The lowest BCUT2D eigenvalue weighted by Gasteiger charge is -1.96. The minimum absolute atomic E-state index is 0.0935. The summed E-state index contributed by atoms with van der Waals surface area (Å²) in [5.74, 6) is 0.0935. The molecule has 1 N–H and O–H groups in total. The van der Waals surface area contributed by atoms with Crippen LogP contribution in [0.4, 0.5) is 0 Å². The molecular formula is C13H10O2. The second-order valence-electron chi connectivity index (χ2n) is 3.24. The first-order chi connectivity index (χ1) is 7.27. The molecule has 0 aliphatic rings. The summed E-state index contributed by atoms with van der Waals surface area (Å²) in [6.45, 7) is 0. The van der Waals surface area contributed by atoms with E-state index < -0.39 is 0 Å². The van der Waals surface area contributed by atoms with Crippen molar-refractivity contribution < 1.29 is 5.11 Å². The van der Waals surface area contributed by atoms with Gasteiger partial charge in [-0.2, -0.15) is 0 Å². The maximum absolute atomic E-state index is 11.7. The molecule has 2 aromatic rings. The third-order valence-electron chi connectivity index (χ3n) is 2.16. The Balaban J connectivity index is 2.70. The maximum atomic E-state index is 11.7. The second-order valence-corrected chi connectivity index (χ2v) is 3.24. The van der Waals surface area contributed by atoms with E-state index in [1.54, 1.807) is 6.07 Å². The largest absolute Gasteiger partial charge is 0.508 e. The van der Waals surface area contributed by atoms with Gasteiger partial charge in [0.05, 0.1) is 0 Å². The Morgan fingerprint density at radius 3 is 2.33 bits per heavy atom. The van der Waals surface area contributed by atoms with Gasteiger partial charge >= 0.3 is 0 Å². The van der Waals surface area contributed by atoms with Crippen LogP contribution in [-0.2, 0) is 0 Å². The zero-order valence-electron chi connectivity index (χ0n) is 8.05. The monoisotopic (exact) mass is 198 g/mol. The molecule has 2 rings (SSSR count). The molecule has 0 aliphatic heterocycles. The molecule has 0 saturated heterocycles. The summed E-state index contributed by atoms with van der Waals surface area (Å²) in [4.78, 5) is 11.7. The first-order valence-electron chi connectivity index (χ1n) is 4.66. The van der Waals surface area contributed by atoms with Crippen LogP contribution in [0.3, 0.4) is 0 Å². The van der Waals surface area contributed by atoms with Gasteiger partial charge in [0.15, 0.2) is 5.43 Å². The summed E-state index contributed by atoms with van der Waals surface area (Å²) < 4.78 is 0. The SMILES string of the molecule is O=c1cccc(O)cc1-c1ccccc1. The van der Waals surface area contributed by atoms with Gasteiger partial charge in [-0.3, -0.25) is 4.79 Å². The maximum Gasteiger partial charge on any atom is 0.186 e. The third-order valence-corrected chi connectivity index (χ3v) is 2.16. The van der Waals surface area contributed by atoms with Gasteiger partial charge < -0.3 is 5.11 Å². The van der Waals surface area contributed by atoms with Crippen LogP contribution >= 0.6 is 0 Å². The molecule has 0 atom stereocenters. The third kappa shape index (κ3) is 2.05. The lowest BCUT2D eigenvalue weighted by atomic mass is 10.1. The van der Waals surface area contributed by atoms with Gasteiger partial charge in [0.1, 0.15) is 5.75 Å². The number of rotatable bonds is 1. The topological polar surface area (TPSA) is 37.3 Å². The summed E-state index contributed by atoms with van der Waals surface area (Å²) in [6.07, 6.45) is 0. The van der Waals surface area contributed by atoms with Gasteiger partial charge in [-0.15, -0.1) is 0 Å². The molecule has 74 valence electrons. The highest BCUT2D eigenvalue weighted by Gasteiger charge is 2.00. The molecule has 0 heterocycles. The van der Waals surface area contributed by atoms with Crippen molar-refractivity contribution in [2.24, 2.45) is 0 Å². The molecule has 2 heteroatoms. The summed E-state index contributed by atoms with van der Waals surface area (Å²) in [5, 5.41) is 9.42. The summed E-state index contributed by atoms with van der Waals surface area (Å²) in [7, 11) is 0. The fraction of sp³-hybridized carbons (Fsp3) is 0. The van der Waals surface area contributed by atoms with Crippen LogP contribution in [0.1, 0.15) is 0 Å². The number of benzene rings is 1. The van der Waals surface area contributed by atoms with Crippen molar-refractivity contribution in [3.63, 3.8) is 0 Å². The Hall–Kier alpha value is -2.09. The fourth-order valence-electron chi connectivity index (χ4n) is 1.43. The number of aromatic hydroxyl groups is 1. The lowest BCUT2D eigenvalue weighted by molar-refractivity contribution is 0.476. The van der Waals surface area contributed by atoms with Crippen LogP contribution in [0.5, 0.6) is 5.75 Å².